The Morgan fingerprint density at radius 3 is 2.67 bits per heavy atom. The monoisotopic (exact) mass is 247 g/mol. The highest BCUT2D eigenvalue weighted by Gasteiger charge is 2.29. The van der Waals surface area contributed by atoms with Gasteiger partial charge < -0.3 is 10.6 Å². The standard InChI is InChI=1S/C15H25N3/c1-11-6-5-7-15(13(11)3)18-10-14(8-16)17(4)9-12(18)2/h5-7,12,14H,8-10,16H2,1-4H3. The fourth-order valence-electron chi connectivity index (χ4n) is 2.85. The van der Waals surface area contributed by atoms with Gasteiger partial charge in [-0.25, -0.2) is 0 Å². The average molecular weight is 247 g/mol. The summed E-state index contributed by atoms with van der Waals surface area (Å²) in [5.74, 6) is 0. The van der Waals surface area contributed by atoms with Crippen molar-refractivity contribution in [1.29, 1.82) is 0 Å². The highest BCUT2D eigenvalue weighted by atomic mass is 15.3. The Morgan fingerprint density at radius 1 is 1.28 bits per heavy atom. The molecule has 1 aromatic carbocycles. The SMILES string of the molecule is Cc1cccc(N2CC(CN)N(C)CC2C)c1C. The number of piperazine rings is 1. The number of aryl methyl sites for hydroxylation is 1. The number of benzene rings is 1. The van der Waals surface area contributed by atoms with Crippen molar-refractivity contribution in [2.45, 2.75) is 32.9 Å². The summed E-state index contributed by atoms with van der Waals surface area (Å²) in [6.07, 6.45) is 0. The summed E-state index contributed by atoms with van der Waals surface area (Å²) in [7, 11) is 2.18. The summed E-state index contributed by atoms with van der Waals surface area (Å²) in [5.41, 5.74) is 10.0. The Hall–Kier alpha value is -1.06. The van der Waals surface area contributed by atoms with E-state index in [4.69, 9.17) is 5.73 Å². The van der Waals surface area contributed by atoms with Crippen molar-refractivity contribution >= 4 is 5.69 Å². The number of likely N-dealkylation sites (N-methyl/N-ethyl adjacent to an activating group) is 1. The molecule has 0 radical (unpaired) electrons. The molecule has 1 aliphatic heterocycles. The molecule has 18 heavy (non-hydrogen) atoms. The first-order chi connectivity index (χ1) is 8.54. The molecule has 1 fully saturated rings. The molecule has 0 amide bonds. The van der Waals surface area contributed by atoms with Gasteiger partial charge in [0.2, 0.25) is 0 Å². The predicted octanol–water partition coefficient (Wildman–Crippen LogP) is 1.77. The van der Waals surface area contributed by atoms with Crippen molar-refractivity contribution in [1.82, 2.24) is 4.90 Å². The molecule has 0 saturated carbocycles. The number of nitrogens with zero attached hydrogens (tertiary/aromatic N) is 2. The summed E-state index contributed by atoms with van der Waals surface area (Å²) in [4.78, 5) is 4.89. The first kappa shape index (κ1) is 13.4. The summed E-state index contributed by atoms with van der Waals surface area (Å²) >= 11 is 0. The van der Waals surface area contributed by atoms with E-state index in [9.17, 15) is 0 Å². The number of hydrogen-bond acceptors (Lipinski definition) is 3. The fraction of sp³-hybridized carbons (Fsp3) is 0.600. The number of rotatable bonds is 2. The normalized spacial score (nSPS) is 25.5. The van der Waals surface area contributed by atoms with Gasteiger partial charge in [0.15, 0.2) is 0 Å². The van der Waals surface area contributed by atoms with Crippen LogP contribution in [0.4, 0.5) is 5.69 Å². The van der Waals surface area contributed by atoms with Gasteiger partial charge in [0.1, 0.15) is 0 Å². The van der Waals surface area contributed by atoms with Gasteiger partial charge in [-0.3, -0.25) is 4.90 Å². The molecule has 3 nitrogen and oxygen atoms in total. The van der Waals surface area contributed by atoms with Crippen molar-refractivity contribution in [3.63, 3.8) is 0 Å². The maximum absolute atomic E-state index is 5.88. The van der Waals surface area contributed by atoms with Crippen LogP contribution in [0.5, 0.6) is 0 Å². The Labute approximate surface area is 111 Å². The van der Waals surface area contributed by atoms with Crippen LogP contribution in [0.25, 0.3) is 0 Å². The van der Waals surface area contributed by atoms with Crippen LogP contribution >= 0.6 is 0 Å². The van der Waals surface area contributed by atoms with Crippen LogP contribution in [0, 0.1) is 13.8 Å². The van der Waals surface area contributed by atoms with Crippen LogP contribution in [0.3, 0.4) is 0 Å². The lowest BCUT2D eigenvalue weighted by Gasteiger charge is -2.45. The van der Waals surface area contributed by atoms with E-state index in [1.165, 1.54) is 16.8 Å². The van der Waals surface area contributed by atoms with E-state index in [1.807, 2.05) is 0 Å². The first-order valence-corrected chi connectivity index (χ1v) is 6.77. The topological polar surface area (TPSA) is 32.5 Å². The molecule has 0 aromatic heterocycles. The Balaban J connectivity index is 2.29. The first-order valence-electron chi connectivity index (χ1n) is 6.77. The minimum Gasteiger partial charge on any atom is -0.366 e. The molecule has 0 spiro atoms. The molecule has 100 valence electrons. The van der Waals surface area contributed by atoms with Crippen LogP contribution in [0.1, 0.15) is 18.1 Å². The van der Waals surface area contributed by atoms with Crippen molar-refractivity contribution in [2.24, 2.45) is 5.73 Å². The third-order valence-corrected chi connectivity index (χ3v) is 4.27. The summed E-state index contributed by atoms with van der Waals surface area (Å²) in [6.45, 7) is 9.52. The summed E-state index contributed by atoms with van der Waals surface area (Å²) in [5, 5.41) is 0. The zero-order chi connectivity index (χ0) is 13.3. The lowest BCUT2D eigenvalue weighted by atomic mass is 10.0. The lowest BCUT2D eigenvalue weighted by Crippen LogP contribution is -2.58. The van der Waals surface area contributed by atoms with Crippen molar-refractivity contribution in [2.75, 3.05) is 31.6 Å². The minimum atomic E-state index is 0.459. The Bertz CT molecular complexity index is 416. The Kier molecular flexibility index (Phi) is 3.93. The molecule has 0 bridgehead atoms. The van der Waals surface area contributed by atoms with Gasteiger partial charge in [0.25, 0.3) is 0 Å². The van der Waals surface area contributed by atoms with Gasteiger partial charge in [-0.1, -0.05) is 12.1 Å². The van der Waals surface area contributed by atoms with Crippen LogP contribution in [-0.2, 0) is 0 Å². The van der Waals surface area contributed by atoms with Crippen molar-refractivity contribution in [3.8, 4) is 0 Å². The second kappa shape index (κ2) is 5.29. The largest absolute Gasteiger partial charge is 0.366 e. The highest BCUT2D eigenvalue weighted by Crippen LogP contribution is 2.27. The number of hydrogen-bond donors (Lipinski definition) is 1. The van der Waals surface area contributed by atoms with Gasteiger partial charge in [0, 0.05) is 37.4 Å². The predicted molar refractivity (Wildman–Crippen MR) is 78.2 cm³/mol. The molecule has 1 saturated heterocycles. The zero-order valence-electron chi connectivity index (χ0n) is 12.0. The summed E-state index contributed by atoms with van der Waals surface area (Å²) in [6, 6.07) is 7.57. The van der Waals surface area contributed by atoms with E-state index in [0.29, 0.717) is 12.1 Å². The molecule has 2 atom stereocenters. The van der Waals surface area contributed by atoms with Gasteiger partial charge in [-0.05, 0) is 45.0 Å². The maximum Gasteiger partial charge on any atom is 0.0401 e. The van der Waals surface area contributed by atoms with Gasteiger partial charge in [0.05, 0.1) is 0 Å². The van der Waals surface area contributed by atoms with E-state index in [-0.39, 0.29) is 0 Å². The fourth-order valence-corrected chi connectivity index (χ4v) is 2.85. The van der Waals surface area contributed by atoms with Crippen molar-refractivity contribution in [3.05, 3.63) is 29.3 Å². The molecule has 1 heterocycles. The number of anilines is 1. The van der Waals surface area contributed by atoms with Crippen LogP contribution < -0.4 is 10.6 Å². The average Bonchev–Trinajstić information content (AvgIpc) is 2.34. The molecule has 2 N–H and O–H groups in total. The lowest BCUT2D eigenvalue weighted by molar-refractivity contribution is 0.197. The van der Waals surface area contributed by atoms with Crippen molar-refractivity contribution < 1.29 is 0 Å². The quantitative estimate of drug-likeness (QED) is 0.864. The van der Waals surface area contributed by atoms with Gasteiger partial charge in [-0.15, -0.1) is 0 Å². The van der Waals surface area contributed by atoms with Gasteiger partial charge >= 0.3 is 0 Å². The van der Waals surface area contributed by atoms with E-state index in [1.54, 1.807) is 0 Å². The number of nitrogens with two attached hydrogens (primary N) is 1. The molecule has 2 unspecified atom stereocenters. The van der Waals surface area contributed by atoms with Crippen LogP contribution in [0.2, 0.25) is 0 Å². The van der Waals surface area contributed by atoms with Gasteiger partial charge in [-0.2, -0.15) is 0 Å². The third kappa shape index (κ3) is 2.38. The third-order valence-electron chi connectivity index (χ3n) is 4.27. The molecular weight excluding hydrogens is 222 g/mol. The van der Waals surface area contributed by atoms with E-state index >= 15 is 0 Å². The zero-order valence-corrected chi connectivity index (χ0v) is 12.0. The summed E-state index contributed by atoms with van der Waals surface area (Å²) < 4.78 is 0. The van der Waals surface area contributed by atoms with Crippen LogP contribution in [0.15, 0.2) is 18.2 Å². The molecular formula is C15H25N3. The highest BCUT2D eigenvalue weighted by molar-refractivity contribution is 5.57. The minimum absolute atomic E-state index is 0.459. The Morgan fingerprint density at radius 2 is 2.00 bits per heavy atom. The second-order valence-corrected chi connectivity index (χ2v) is 5.55. The second-order valence-electron chi connectivity index (χ2n) is 5.55. The van der Waals surface area contributed by atoms with E-state index in [2.05, 4.69) is 55.8 Å². The maximum atomic E-state index is 5.88. The smallest absolute Gasteiger partial charge is 0.0401 e. The van der Waals surface area contributed by atoms with E-state index < -0.39 is 0 Å². The molecule has 1 aromatic rings. The molecule has 2 rings (SSSR count). The van der Waals surface area contributed by atoms with E-state index in [0.717, 1.165) is 19.6 Å². The molecule has 1 aliphatic rings. The molecule has 0 aliphatic carbocycles. The van der Waals surface area contributed by atoms with Crippen LogP contribution in [-0.4, -0.2) is 43.7 Å². The molecule has 3 heteroatoms.